The average Bonchev–Trinajstić information content (AvgIpc) is 2.80. The van der Waals surface area contributed by atoms with E-state index in [4.69, 9.17) is 9.47 Å². The fourth-order valence-corrected chi connectivity index (χ4v) is 2.09. The first kappa shape index (κ1) is 14.3. The third kappa shape index (κ3) is 2.74. The van der Waals surface area contributed by atoms with Gasteiger partial charge in [-0.15, -0.1) is 0 Å². The van der Waals surface area contributed by atoms with Gasteiger partial charge in [0.2, 0.25) is 5.88 Å². The van der Waals surface area contributed by atoms with Gasteiger partial charge in [0.15, 0.2) is 5.65 Å². The molecule has 0 saturated heterocycles. The maximum atomic E-state index is 12.1. The fourth-order valence-electron chi connectivity index (χ4n) is 2.09. The highest BCUT2D eigenvalue weighted by Gasteiger charge is 2.28. The van der Waals surface area contributed by atoms with Gasteiger partial charge in [0, 0.05) is 6.07 Å². The third-order valence-corrected chi connectivity index (χ3v) is 3.05. The molecule has 1 N–H and O–H groups in total. The van der Waals surface area contributed by atoms with Crippen molar-refractivity contribution < 1.29 is 14.3 Å². The monoisotopic (exact) mass is 277 g/mol. The van der Waals surface area contributed by atoms with E-state index in [9.17, 15) is 4.79 Å². The molecule has 20 heavy (non-hydrogen) atoms. The Labute approximate surface area is 117 Å². The molecule has 108 valence electrons. The number of hydrogen-bond donors (Lipinski definition) is 1. The van der Waals surface area contributed by atoms with E-state index in [1.54, 1.807) is 20.1 Å². The summed E-state index contributed by atoms with van der Waals surface area (Å²) < 4.78 is 10.2. The van der Waals surface area contributed by atoms with Crippen molar-refractivity contribution in [2.24, 2.45) is 5.92 Å². The predicted molar refractivity (Wildman–Crippen MR) is 74.7 cm³/mol. The molecule has 1 atom stereocenters. The van der Waals surface area contributed by atoms with E-state index in [0.717, 1.165) is 5.52 Å². The van der Waals surface area contributed by atoms with Gasteiger partial charge in [-0.1, -0.05) is 13.8 Å². The van der Waals surface area contributed by atoms with Crippen LogP contribution in [0.25, 0.3) is 11.2 Å². The normalized spacial score (nSPS) is 12.7. The van der Waals surface area contributed by atoms with Crippen molar-refractivity contribution >= 4 is 17.1 Å². The molecule has 0 spiro atoms. The average molecular weight is 277 g/mol. The minimum atomic E-state index is -0.421. The summed E-state index contributed by atoms with van der Waals surface area (Å²) >= 11 is 0. The summed E-state index contributed by atoms with van der Waals surface area (Å²) in [7, 11) is 1.55. The van der Waals surface area contributed by atoms with Gasteiger partial charge in [0.1, 0.15) is 11.7 Å². The Bertz CT molecular complexity index is 607. The van der Waals surface area contributed by atoms with Crippen molar-refractivity contribution in [3.8, 4) is 5.88 Å². The quantitative estimate of drug-likeness (QED) is 0.848. The van der Waals surface area contributed by atoms with Crippen LogP contribution in [0.5, 0.6) is 5.88 Å². The van der Waals surface area contributed by atoms with Gasteiger partial charge in [-0.05, 0) is 18.9 Å². The van der Waals surface area contributed by atoms with Gasteiger partial charge in [-0.2, -0.15) is 4.98 Å². The number of fused-ring (bicyclic) bond motifs is 1. The largest absolute Gasteiger partial charge is 0.481 e. The van der Waals surface area contributed by atoms with E-state index in [0.29, 0.717) is 24.0 Å². The summed E-state index contributed by atoms with van der Waals surface area (Å²) in [5.74, 6) is 0.460. The molecule has 0 fully saturated rings. The Balaban J connectivity index is 2.40. The Morgan fingerprint density at radius 1 is 1.35 bits per heavy atom. The maximum Gasteiger partial charge on any atom is 0.316 e. The predicted octanol–water partition coefficient (Wildman–Crippen LogP) is 2.27. The first-order chi connectivity index (χ1) is 9.56. The summed E-state index contributed by atoms with van der Waals surface area (Å²) in [5.41, 5.74) is 1.31. The Kier molecular flexibility index (Phi) is 4.22. The molecule has 2 aromatic rings. The second-order valence-corrected chi connectivity index (χ2v) is 4.82. The minimum absolute atomic E-state index is 0.0801. The van der Waals surface area contributed by atoms with Crippen molar-refractivity contribution in [1.29, 1.82) is 0 Å². The molecule has 2 rings (SSSR count). The number of carbonyl (C=O) groups is 1. The molecule has 2 aromatic heterocycles. The van der Waals surface area contributed by atoms with Crippen LogP contribution in [0.4, 0.5) is 0 Å². The van der Waals surface area contributed by atoms with Gasteiger partial charge in [0.25, 0.3) is 0 Å². The standard InChI is InChI=1S/C14H19N3O3/c1-5-20-14(18)11(8(2)3)13-15-9-6-7-10(19-4)16-12(9)17-13/h6-8,11H,5H2,1-4H3,(H,15,16,17). The highest BCUT2D eigenvalue weighted by atomic mass is 16.5. The lowest BCUT2D eigenvalue weighted by Gasteiger charge is -2.16. The molecule has 0 aliphatic carbocycles. The summed E-state index contributed by atoms with van der Waals surface area (Å²) in [6, 6.07) is 3.58. The van der Waals surface area contributed by atoms with E-state index in [-0.39, 0.29) is 11.9 Å². The maximum absolute atomic E-state index is 12.1. The van der Waals surface area contributed by atoms with E-state index >= 15 is 0 Å². The van der Waals surface area contributed by atoms with Crippen LogP contribution in [-0.4, -0.2) is 34.6 Å². The topological polar surface area (TPSA) is 77.1 Å². The van der Waals surface area contributed by atoms with Gasteiger partial charge in [0.05, 0.1) is 19.2 Å². The molecule has 0 saturated carbocycles. The first-order valence-corrected chi connectivity index (χ1v) is 6.64. The number of esters is 1. The second kappa shape index (κ2) is 5.90. The zero-order chi connectivity index (χ0) is 14.7. The summed E-state index contributed by atoms with van der Waals surface area (Å²) in [4.78, 5) is 23.8. The summed E-state index contributed by atoms with van der Waals surface area (Å²) in [6.45, 7) is 6.07. The van der Waals surface area contributed by atoms with Crippen molar-refractivity contribution in [3.05, 3.63) is 18.0 Å². The van der Waals surface area contributed by atoms with E-state index in [1.807, 2.05) is 19.9 Å². The van der Waals surface area contributed by atoms with Crippen LogP contribution < -0.4 is 4.74 Å². The van der Waals surface area contributed by atoms with E-state index in [1.165, 1.54) is 0 Å². The number of nitrogens with one attached hydrogen (secondary N) is 1. The molecular formula is C14H19N3O3. The zero-order valence-electron chi connectivity index (χ0n) is 12.1. The molecule has 0 radical (unpaired) electrons. The Hall–Kier alpha value is -2.11. The van der Waals surface area contributed by atoms with E-state index in [2.05, 4.69) is 15.0 Å². The zero-order valence-corrected chi connectivity index (χ0v) is 12.1. The number of hydrogen-bond acceptors (Lipinski definition) is 5. The molecule has 0 aromatic carbocycles. The fraction of sp³-hybridized carbons (Fsp3) is 0.500. The minimum Gasteiger partial charge on any atom is -0.481 e. The number of nitrogens with zero attached hydrogens (tertiary/aromatic N) is 2. The summed E-state index contributed by atoms with van der Waals surface area (Å²) in [6.07, 6.45) is 0. The molecule has 6 nitrogen and oxygen atoms in total. The first-order valence-electron chi connectivity index (χ1n) is 6.64. The summed E-state index contributed by atoms with van der Waals surface area (Å²) in [5, 5.41) is 0. The smallest absolute Gasteiger partial charge is 0.316 e. The van der Waals surface area contributed by atoms with Gasteiger partial charge in [-0.3, -0.25) is 4.79 Å². The lowest BCUT2D eigenvalue weighted by molar-refractivity contribution is -0.146. The number of rotatable bonds is 5. The third-order valence-electron chi connectivity index (χ3n) is 3.05. The number of aromatic nitrogens is 3. The molecule has 0 aliphatic rings. The van der Waals surface area contributed by atoms with Crippen molar-refractivity contribution in [2.45, 2.75) is 26.7 Å². The lowest BCUT2D eigenvalue weighted by atomic mass is 9.95. The van der Waals surface area contributed by atoms with Crippen LogP contribution in [0.3, 0.4) is 0 Å². The van der Waals surface area contributed by atoms with Crippen LogP contribution in [0.15, 0.2) is 12.1 Å². The number of methoxy groups -OCH3 is 1. The van der Waals surface area contributed by atoms with Crippen LogP contribution >= 0.6 is 0 Å². The number of aromatic amines is 1. The molecular weight excluding hydrogens is 258 g/mol. The Morgan fingerprint density at radius 3 is 2.70 bits per heavy atom. The molecule has 2 heterocycles. The van der Waals surface area contributed by atoms with Gasteiger partial charge >= 0.3 is 5.97 Å². The second-order valence-electron chi connectivity index (χ2n) is 4.82. The number of ether oxygens (including phenoxy) is 2. The number of carbonyl (C=O) groups excluding carboxylic acids is 1. The highest BCUT2D eigenvalue weighted by Crippen LogP contribution is 2.26. The molecule has 6 heteroatoms. The van der Waals surface area contributed by atoms with E-state index < -0.39 is 5.92 Å². The SMILES string of the molecule is CCOC(=O)C(c1nc2nc(OC)ccc2[nH]1)C(C)C. The lowest BCUT2D eigenvalue weighted by Crippen LogP contribution is -2.22. The molecule has 0 bridgehead atoms. The molecule has 1 unspecified atom stereocenters. The number of imidazole rings is 1. The van der Waals surface area contributed by atoms with Crippen LogP contribution in [0.2, 0.25) is 0 Å². The van der Waals surface area contributed by atoms with Crippen LogP contribution in [-0.2, 0) is 9.53 Å². The van der Waals surface area contributed by atoms with Crippen molar-refractivity contribution in [2.75, 3.05) is 13.7 Å². The van der Waals surface area contributed by atoms with Crippen LogP contribution in [0, 0.1) is 5.92 Å². The van der Waals surface area contributed by atoms with Crippen molar-refractivity contribution in [1.82, 2.24) is 15.0 Å². The number of pyridine rings is 1. The Morgan fingerprint density at radius 2 is 2.10 bits per heavy atom. The number of H-pyrrole nitrogens is 1. The molecule has 0 amide bonds. The van der Waals surface area contributed by atoms with Gasteiger partial charge < -0.3 is 14.5 Å². The van der Waals surface area contributed by atoms with Gasteiger partial charge in [-0.25, -0.2) is 4.98 Å². The molecule has 0 aliphatic heterocycles. The van der Waals surface area contributed by atoms with Crippen LogP contribution in [0.1, 0.15) is 32.5 Å². The van der Waals surface area contributed by atoms with Crippen molar-refractivity contribution in [3.63, 3.8) is 0 Å². The highest BCUT2D eigenvalue weighted by molar-refractivity contribution is 5.79.